The Morgan fingerprint density at radius 3 is 2.93 bits per heavy atom. The first kappa shape index (κ1) is 9.09. The Bertz CT molecular complexity index is 371. The van der Waals surface area contributed by atoms with Crippen molar-refractivity contribution in [1.82, 2.24) is 9.97 Å². The second-order valence-corrected chi connectivity index (χ2v) is 4.57. The lowest BCUT2D eigenvalue weighted by Gasteiger charge is -2.33. The topological polar surface area (TPSA) is 63.8 Å². The van der Waals surface area contributed by atoms with E-state index in [9.17, 15) is 0 Å². The van der Waals surface area contributed by atoms with Crippen LogP contribution in [0.1, 0.15) is 30.5 Å². The molecule has 4 heteroatoms. The van der Waals surface area contributed by atoms with E-state index in [1.807, 2.05) is 0 Å². The maximum absolute atomic E-state index is 5.76. The molecule has 0 amide bonds. The summed E-state index contributed by atoms with van der Waals surface area (Å²) >= 11 is 0. The standard InChI is InChI=1S/C11H16N4/c12-7-4-8(5-7)15-11-9-2-1-3-10(9)13-6-14-11/h6-8H,1-5,12H2,(H,13,14,15). The van der Waals surface area contributed by atoms with Gasteiger partial charge in [-0.15, -0.1) is 0 Å². The molecule has 0 spiro atoms. The van der Waals surface area contributed by atoms with Crippen LogP contribution in [0.3, 0.4) is 0 Å². The lowest BCUT2D eigenvalue weighted by molar-refractivity contribution is 0.372. The van der Waals surface area contributed by atoms with Crippen molar-refractivity contribution in [1.29, 1.82) is 0 Å². The van der Waals surface area contributed by atoms with E-state index < -0.39 is 0 Å². The fourth-order valence-electron chi connectivity index (χ4n) is 2.46. The number of rotatable bonds is 2. The number of hydrogen-bond donors (Lipinski definition) is 2. The van der Waals surface area contributed by atoms with Crippen LogP contribution >= 0.6 is 0 Å². The average molecular weight is 204 g/mol. The quantitative estimate of drug-likeness (QED) is 0.750. The number of nitrogens with zero attached hydrogens (tertiary/aromatic N) is 2. The molecule has 0 atom stereocenters. The molecule has 0 unspecified atom stereocenters. The summed E-state index contributed by atoms with van der Waals surface area (Å²) in [5.74, 6) is 1.05. The van der Waals surface area contributed by atoms with E-state index in [-0.39, 0.29) is 0 Å². The van der Waals surface area contributed by atoms with Crippen LogP contribution in [-0.2, 0) is 12.8 Å². The minimum absolute atomic E-state index is 0.386. The van der Waals surface area contributed by atoms with Crippen molar-refractivity contribution in [3.8, 4) is 0 Å². The van der Waals surface area contributed by atoms with Crippen molar-refractivity contribution in [3.05, 3.63) is 17.6 Å². The van der Waals surface area contributed by atoms with Crippen molar-refractivity contribution in [2.24, 2.45) is 5.73 Å². The van der Waals surface area contributed by atoms with Gasteiger partial charge in [0.25, 0.3) is 0 Å². The second kappa shape index (κ2) is 3.45. The monoisotopic (exact) mass is 204 g/mol. The first-order valence-electron chi connectivity index (χ1n) is 5.68. The Morgan fingerprint density at radius 1 is 1.27 bits per heavy atom. The lowest BCUT2D eigenvalue weighted by atomic mass is 9.87. The molecule has 15 heavy (non-hydrogen) atoms. The molecule has 0 radical (unpaired) electrons. The van der Waals surface area contributed by atoms with E-state index in [0.29, 0.717) is 12.1 Å². The van der Waals surface area contributed by atoms with E-state index in [1.54, 1.807) is 6.33 Å². The predicted octanol–water partition coefficient (Wildman–Crippen LogP) is 0.867. The molecule has 0 aliphatic heterocycles. The van der Waals surface area contributed by atoms with E-state index >= 15 is 0 Å². The Hall–Kier alpha value is -1.16. The van der Waals surface area contributed by atoms with Gasteiger partial charge in [-0.2, -0.15) is 0 Å². The molecule has 4 nitrogen and oxygen atoms in total. The molecule has 0 aromatic carbocycles. The van der Waals surface area contributed by atoms with Crippen LogP contribution < -0.4 is 11.1 Å². The summed E-state index contributed by atoms with van der Waals surface area (Å²) in [4.78, 5) is 8.64. The van der Waals surface area contributed by atoms with Gasteiger partial charge < -0.3 is 11.1 Å². The molecule has 1 saturated carbocycles. The maximum Gasteiger partial charge on any atom is 0.133 e. The third kappa shape index (κ3) is 1.59. The average Bonchev–Trinajstić information content (AvgIpc) is 2.64. The summed E-state index contributed by atoms with van der Waals surface area (Å²) in [6, 6.07) is 0.914. The maximum atomic E-state index is 5.76. The van der Waals surface area contributed by atoms with Crippen LogP contribution in [-0.4, -0.2) is 22.1 Å². The minimum Gasteiger partial charge on any atom is -0.367 e. The SMILES string of the molecule is NC1CC(Nc2ncnc3c2CCC3)C1. The van der Waals surface area contributed by atoms with Gasteiger partial charge in [-0.25, -0.2) is 9.97 Å². The van der Waals surface area contributed by atoms with Crippen LogP contribution in [0.4, 0.5) is 5.82 Å². The van der Waals surface area contributed by atoms with Gasteiger partial charge in [0.15, 0.2) is 0 Å². The molecule has 3 N–H and O–H groups in total. The summed E-state index contributed by atoms with van der Waals surface area (Å²) in [5, 5.41) is 3.48. The number of anilines is 1. The Kier molecular flexibility index (Phi) is 2.09. The predicted molar refractivity (Wildman–Crippen MR) is 58.7 cm³/mol. The highest BCUT2D eigenvalue weighted by Crippen LogP contribution is 2.28. The normalized spacial score (nSPS) is 28.3. The van der Waals surface area contributed by atoms with Crippen LogP contribution in [0.25, 0.3) is 0 Å². The number of nitrogens with two attached hydrogens (primary N) is 1. The number of aromatic nitrogens is 2. The van der Waals surface area contributed by atoms with Gasteiger partial charge in [-0.1, -0.05) is 0 Å². The smallest absolute Gasteiger partial charge is 0.133 e. The van der Waals surface area contributed by atoms with E-state index in [0.717, 1.165) is 31.5 Å². The molecule has 1 aromatic heterocycles. The molecule has 0 saturated heterocycles. The van der Waals surface area contributed by atoms with Crippen LogP contribution in [0.15, 0.2) is 6.33 Å². The molecule has 3 rings (SSSR count). The van der Waals surface area contributed by atoms with Crippen molar-refractivity contribution >= 4 is 5.82 Å². The van der Waals surface area contributed by atoms with Crippen molar-refractivity contribution < 1.29 is 0 Å². The van der Waals surface area contributed by atoms with E-state index in [4.69, 9.17) is 5.73 Å². The Labute approximate surface area is 89.3 Å². The van der Waals surface area contributed by atoms with Gasteiger partial charge in [0, 0.05) is 23.3 Å². The highest BCUT2D eigenvalue weighted by molar-refractivity contribution is 5.49. The van der Waals surface area contributed by atoms with E-state index in [2.05, 4.69) is 15.3 Å². The fraction of sp³-hybridized carbons (Fsp3) is 0.636. The summed E-state index contributed by atoms with van der Waals surface area (Å²) in [7, 11) is 0. The largest absolute Gasteiger partial charge is 0.367 e. The first-order valence-corrected chi connectivity index (χ1v) is 5.68. The zero-order valence-electron chi connectivity index (χ0n) is 8.74. The minimum atomic E-state index is 0.386. The van der Waals surface area contributed by atoms with Gasteiger partial charge >= 0.3 is 0 Å². The van der Waals surface area contributed by atoms with Gasteiger partial charge in [-0.3, -0.25) is 0 Å². The Balaban J connectivity index is 1.77. The van der Waals surface area contributed by atoms with Gasteiger partial charge in [-0.05, 0) is 32.1 Å². The zero-order chi connectivity index (χ0) is 10.3. The third-order valence-corrected chi connectivity index (χ3v) is 3.39. The Morgan fingerprint density at radius 2 is 2.13 bits per heavy atom. The molecule has 1 fully saturated rings. The van der Waals surface area contributed by atoms with E-state index in [1.165, 1.54) is 17.7 Å². The first-order chi connectivity index (χ1) is 7.33. The van der Waals surface area contributed by atoms with Crippen LogP contribution in [0.2, 0.25) is 0 Å². The molecular weight excluding hydrogens is 188 g/mol. The molecule has 0 bridgehead atoms. The molecule has 1 aromatic rings. The molecule has 2 aliphatic carbocycles. The van der Waals surface area contributed by atoms with Gasteiger partial charge in [0.2, 0.25) is 0 Å². The summed E-state index contributed by atoms with van der Waals surface area (Å²) in [5.41, 5.74) is 8.33. The third-order valence-electron chi connectivity index (χ3n) is 3.39. The fourth-order valence-corrected chi connectivity index (χ4v) is 2.46. The van der Waals surface area contributed by atoms with Gasteiger partial charge in [0.05, 0.1) is 0 Å². The highest BCUT2D eigenvalue weighted by Gasteiger charge is 2.27. The molecule has 80 valence electrons. The summed E-state index contributed by atoms with van der Waals surface area (Å²) in [6.07, 6.45) is 7.25. The zero-order valence-corrected chi connectivity index (χ0v) is 8.74. The van der Waals surface area contributed by atoms with Gasteiger partial charge in [0.1, 0.15) is 12.1 Å². The van der Waals surface area contributed by atoms with Crippen molar-refractivity contribution in [2.75, 3.05) is 5.32 Å². The van der Waals surface area contributed by atoms with Crippen molar-refractivity contribution in [3.63, 3.8) is 0 Å². The molecule has 1 heterocycles. The van der Waals surface area contributed by atoms with Crippen molar-refractivity contribution in [2.45, 2.75) is 44.2 Å². The van der Waals surface area contributed by atoms with Crippen LogP contribution in [0, 0.1) is 0 Å². The highest BCUT2D eigenvalue weighted by atomic mass is 15.1. The molecular formula is C11H16N4. The van der Waals surface area contributed by atoms with Crippen LogP contribution in [0.5, 0.6) is 0 Å². The number of nitrogens with one attached hydrogen (secondary N) is 1. The molecule has 2 aliphatic rings. The summed E-state index contributed by atoms with van der Waals surface area (Å²) in [6.45, 7) is 0. The number of hydrogen-bond acceptors (Lipinski definition) is 4. The second-order valence-electron chi connectivity index (χ2n) is 4.57. The lowest BCUT2D eigenvalue weighted by Crippen LogP contribution is -2.44. The summed E-state index contributed by atoms with van der Waals surface area (Å²) < 4.78 is 0. The number of fused-ring (bicyclic) bond motifs is 1. The number of aryl methyl sites for hydroxylation is 1.